The first-order chi connectivity index (χ1) is 6.40. The Bertz CT molecular complexity index is 465. The van der Waals surface area contributed by atoms with E-state index in [9.17, 15) is 9.00 Å². The third-order valence-electron chi connectivity index (χ3n) is 1.45. The molecule has 0 aliphatic heterocycles. The van der Waals surface area contributed by atoms with Gasteiger partial charge in [-0.15, -0.1) is 0 Å². The maximum absolute atomic E-state index is 11.4. The van der Waals surface area contributed by atoms with Crippen LogP contribution in [0.2, 0.25) is 0 Å². The van der Waals surface area contributed by atoms with Crippen LogP contribution in [0.4, 0.5) is 5.69 Å². The number of carbonyl (C=O) groups is 1. The molecule has 0 atom stereocenters. The Labute approximate surface area is 82.8 Å². The molecule has 1 rings (SSSR count). The second kappa shape index (κ2) is 3.79. The van der Waals surface area contributed by atoms with Gasteiger partial charge in [0.25, 0.3) is 0 Å². The molecular formula is C9H11NO3S. The van der Waals surface area contributed by atoms with Gasteiger partial charge in [0.2, 0.25) is 0 Å². The van der Waals surface area contributed by atoms with Crippen LogP contribution in [0.1, 0.15) is 10.4 Å². The van der Waals surface area contributed by atoms with Gasteiger partial charge in [-0.1, -0.05) is 12.1 Å². The largest absolute Gasteiger partial charge is 0.478 e. The predicted molar refractivity (Wildman–Crippen MR) is 55.5 cm³/mol. The molecule has 0 saturated carbocycles. The number of hydrogen-bond donors (Lipinski definition) is 1. The van der Waals surface area contributed by atoms with Crippen molar-refractivity contribution in [2.45, 2.75) is 0 Å². The summed E-state index contributed by atoms with van der Waals surface area (Å²) in [5.41, 5.74) is 0.332. The minimum Gasteiger partial charge on any atom is -0.478 e. The van der Waals surface area contributed by atoms with Gasteiger partial charge in [0.1, 0.15) is 0 Å². The second-order valence-electron chi connectivity index (χ2n) is 3.09. The quantitative estimate of drug-likeness (QED) is 0.813. The van der Waals surface area contributed by atoms with E-state index >= 15 is 0 Å². The average molecular weight is 213 g/mol. The zero-order chi connectivity index (χ0) is 10.8. The first-order valence-electron chi connectivity index (χ1n) is 3.89. The van der Waals surface area contributed by atoms with Crippen LogP contribution in [0.15, 0.2) is 28.6 Å². The van der Waals surface area contributed by atoms with Crippen molar-refractivity contribution in [3.8, 4) is 0 Å². The number of nitrogens with zero attached hydrogens (tertiary/aromatic N) is 1. The van der Waals surface area contributed by atoms with Gasteiger partial charge in [-0.05, 0) is 12.1 Å². The third-order valence-corrected chi connectivity index (χ3v) is 2.09. The molecule has 0 aliphatic rings. The number of carboxylic acid groups (broad SMARTS) is 1. The van der Waals surface area contributed by atoms with Crippen LogP contribution in [0.25, 0.3) is 0 Å². The molecule has 1 aromatic carbocycles. The van der Waals surface area contributed by atoms with Crippen molar-refractivity contribution in [1.82, 2.24) is 0 Å². The Morgan fingerprint density at radius 1 is 1.36 bits per heavy atom. The van der Waals surface area contributed by atoms with E-state index in [1.165, 1.54) is 24.6 Å². The molecule has 4 nitrogen and oxygen atoms in total. The lowest BCUT2D eigenvalue weighted by atomic mass is 10.2. The summed E-state index contributed by atoms with van der Waals surface area (Å²) in [5, 5.41) is 8.81. The maximum atomic E-state index is 11.4. The van der Waals surface area contributed by atoms with E-state index in [0.29, 0.717) is 0 Å². The van der Waals surface area contributed by atoms with E-state index in [0.717, 1.165) is 0 Å². The summed E-state index contributed by atoms with van der Waals surface area (Å²) in [6, 6.07) is 6.24. The number of hydrogen-bond acceptors (Lipinski definition) is 3. The van der Waals surface area contributed by atoms with E-state index in [1.807, 2.05) is 0 Å². The van der Waals surface area contributed by atoms with Gasteiger partial charge < -0.3 is 5.11 Å². The fourth-order valence-corrected chi connectivity index (χ4v) is 1.60. The van der Waals surface area contributed by atoms with Gasteiger partial charge in [-0.25, -0.2) is 9.00 Å². The van der Waals surface area contributed by atoms with E-state index in [2.05, 4.69) is 4.36 Å². The molecule has 1 aromatic rings. The minimum atomic E-state index is -2.32. The van der Waals surface area contributed by atoms with Gasteiger partial charge in [0.05, 0.1) is 11.3 Å². The van der Waals surface area contributed by atoms with Crippen LogP contribution in [-0.2, 0) is 9.73 Å². The normalized spacial score (nSPS) is 11.0. The molecule has 0 amide bonds. The highest BCUT2D eigenvalue weighted by atomic mass is 32.2. The molecule has 1 N–H and O–H groups in total. The van der Waals surface area contributed by atoms with Gasteiger partial charge in [0, 0.05) is 22.2 Å². The third kappa shape index (κ3) is 2.85. The summed E-state index contributed by atoms with van der Waals surface area (Å²) in [6.45, 7) is 0. The summed E-state index contributed by atoms with van der Waals surface area (Å²) in [4.78, 5) is 10.8. The van der Waals surface area contributed by atoms with Crippen molar-refractivity contribution < 1.29 is 14.1 Å². The lowest BCUT2D eigenvalue weighted by Crippen LogP contribution is -1.97. The van der Waals surface area contributed by atoms with Crippen LogP contribution in [0.5, 0.6) is 0 Å². The molecule has 0 aliphatic carbocycles. The van der Waals surface area contributed by atoms with Crippen molar-refractivity contribution in [3.05, 3.63) is 29.8 Å². The van der Waals surface area contributed by atoms with Crippen molar-refractivity contribution in [1.29, 1.82) is 0 Å². The molecule has 14 heavy (non-hydrogen) atoms. The summed E-state index contributed by atoms with van der Waals surface area (Å²) in [7, 11) is -2.32. The lowest BCUT2D eigenvalue weighted by molar-refractivity contribution is 0.0698. The van der Waals surface area contributed by atoms with Crippen molar-refractivity contribution in [3.63, 3.8) is 0 Å². The van der Waals surface area contributed by atoms with Gasteiger partial charge in [0.15, 0.2) is 0 Å². The summed E-state index contributed by atoms with van der Waals surface area (Å²) < 4.78 is 15.2. The molecule has 0 unspecified atom stereocenters. The Hall–Kier alpha value is -1.36. The molecule has 5 heteroatoms. The Morgan fingerprint density at radius 3 is 2.43 bits per heavy atom. The average Bonchev–Trinajstić information content (AvgIpc) is 2.01. The van der Waals surface area contributed by atoms with Crippen LogP contribution in [-0.4, -0.2) is 27.8 Å². The zero-order valence-electron chi connectivity index (χ0n) is 7.93. The topological polar surface area (TPSA) is 66.7 Å². The fourth-order valence-electron chi connectivity index (χ4n) is 0.971. The first-order valence-corrected chi connectivity index (χ1v) is 6.23. The van der Waals surface area contributed by atoms with Crippen LogP contribution >= 0.6 is 0 Å². The van der Waals surface area contributed by atoms with Crippen molar-refractivity contribution in [2.75, 3.05) is 12.5 Å². The standard InChI is InChI=1S/C9H11NO3S/c1-14(2,13)10-8-6-4-3-5-7(8)9(11)12/h3-6H,1-2H3,(H,11,12). The molecule has 0 radical (unpaired) electrons. The summed E-state index contributed by atoms with van der Waals surface area (Å²) in [5.74, 6) is -1.06. The SMILES string of the molecule is CS(C)(=O)=Nc1ccccc1C(=O)O. The highest BCUT2D eigenvalue weighted by molar-refractivity contribution is 7.92. The zero-order valence-corrected chi connectivity index (χ0v) is 8.75. The first kappa shape index (κ1) is 10.7. The van der Waals surface area contributed by atoms with E-state index < -0.39 is 15.7 Å². The molecule has 0 fully saturated rings. The van der Waals surface area contributed by atoms with E-state index in [1.54, 1.807) is 12.1 Å². The Morgan fingerprint density at radius 2 is 1.93 bits per heavy atom. The van der Waals surface area contributed by atoms with Gasteiger partial charge in [-0.2, -0.15) is 4.36 Å². The van der Waals surface area contributed by atoms with E-state index in [-0.39, 0.29) is 11.3 Å². The molecule has 0 heterocycles. The smallest absolute Gasteiger partial charge is 0.337 e. The van der Waals surface area contributed by atoms with Crippen LogP contribution < -0.4 is 0 Å². The van der Waals surface area contributed by atoms with Crippen molar-refractivity contribution >= 4 is 21.4 Å². The molecule has 0 bridgehead atoms. The molecule has 0 saturated heterocycles. The second-order valence-corrected chi connectivity index (χ2v) is 5.64. The number of benzene rings is 1. The molecule has 0 spiro atoms. The molecule has 0 aromatic heterocycles. The number of aromatic carboxylic acids is 1. The Kier molecular flexibility index (Phi) is 2.90. The van der Waals surface area contributed by atoms with Crippen LogP contribution in [0, 0.1) is 0 Å². The van der Waals surface area contributed by atoms with Crippen molar-refractivity contribution in [2.24, 2.45) is 4.36 Å². The fraction of sp³-hybridized carbons (Fsp3) is 0.222. The molecule has 76 valence electrons. The number of rotatable bonds is 2. The summed E-state index contributed by atoms with van der Waals surface area (Å²) in [6.07, 6.45) is 2.93. The predicted octanol–water partition coefficient (Wildman–Crippen LogP) is 1.74. The molecular weight excluding hydrogens is 202 g/mol. The lowest BCUT2D eigenvalue weighted by Gasteiger charge is -2.00. The van der Waals surface area contributed by atoms with E-state index in [4.69, 9.17) is 5.11 Å². The van der Waals surface area contributed by atoms with Gasteiger partial charge in [-0.3, -0.25) is 0 Å². The highest BCUT2D eigenvalue weighted by Crippen LogP contribution is 2.19. The minimum absolute atomic E-state index is 0.0731. The summed E-state index contributed by atoms with van der Waals surface area (Å²) >= 11 is 0. The highest BCUT2D eigenvalue weighted by Gasteiger charge is 2.08. The van der Waals surface area contributed by atoms with Gasteiger partial charge >= 0.3 is 5.97 Å². The monoisotopic (exact) mass is 213 g/mol. The number of carboxylic acids is 1. The Balaban J connectivity index is 3.36. The maximum Gasteiger partial charge on any atom is 0.337 e. The van der Waals surface area contributed by atoms with Crippen LogP contribution in [0.3, 0.4) is 0 Å².